The largest absolute Gasteiger partial charge is 0.481 e. The molecule has 0 aliphatic rings. The highest BCUT2D eigenvalue weighted by molar-refractivity contribution is 5.76. The Morgan fingerprint density at radius 3 is 2.81 bits per heavy atom. The van der Waals surface area contributed by atoms with Gasteiger partial charge in [-0.2, -0.15) is 4.98 Å². The lowest BCUT2D eigenvalue weighted by atomic mass is 10.2. The number of amides is 1. The van der Waals surface area contributed by atoms with Gasteiger partial charge in [0.15, 0.2) is 5.82 Å². The quantitative estimate of drug-likeness (QED) is 0.648. The minimum Gasteiger partial charge on any atom is -0.481 e. The van der Waals surface area contributed by atoms with Crippen molar-refractivity contribution in [2.24, 2.45) is 0 Å². The van der Waals surface area contributed by atoms with Gasteiger partial charge in [-0.1, -0.05) is 12.1 Å². The summed E-state index contributed by atoms with van der Waals surface area (Å²) in [5, 5.41) is 15.1. The van der Waals surface area contributed by atoms with Gasteiger partial charge in [0.25, 0.3) is 0 Å². The molecule has 8 nitrogen and oxygen atoms in total. The van der Waals surface area contributed by atoms with E-state index in [0.29, 0.717) is 18.1 Å². The molecular formula is C13H21N3O5. The van der Waals surface area contributed by atoms with Crippen LogP contribution in [0.5, 0.6) is 0 Å². The van der Waals surface area contributed by atoms with Crippen molar-refractivity contribution >= 4 is 11.9 Å². The normalized spacial score (nSPS) is 12.1. The fourth-order valence-electron chi connectivity index (χ4n) is 1.69. The van der Waals surface area contributed by atoms with Crippen molar-refractivity contribution in [2.75, 3.05) is 13.7 Å². The Morgan fingerprint density at radius 1 is 1.43 bits per heavy atom. The Morgan fingerprint density at radius 2 is 2.19 bits per heavy atom. The maximum absolute atomic E-state index is 11.7. The second kappa shape index (κ2) is 9.06. The highest BCUT2D eigenvalue weighted by Gasteiger charge is 2.14. The number of nitrogens with one attached hydrogen (secondary N) is 1. The first kappa shape index (κ1) is 17.1. The average molecular weight is 299 g/mol. The number of aliphatic carboxylic acids is 1. The van der Waals surface area contributed by atoms with Crippen LogP contribution in [0.1, 0.15) is 37.9 Å². The smallest absolute Gasteiger partial charge is 0.306 e. The Hall–Kier alpha value is -1.96. The van der Waals surface area contributed by atoms with Crippen LogP contribution in [0, 0.1) is 0 Å². The minimum atomic E-state index is -0.967. The highest BCUT2D eigenvalue weighted by Crippen LogP contribution is 2.03. The lowest BCUT2D eigenvalue weighted by molar-refractivity contribution is -0.140. The number of carboxylic acid groups (broad SMARTS) is 1. The van der Waals surface area contributed by atoms with E-state index in [1.54, 1.807) is 0 Å². The maximum atomic E-state index is 11.7. The number of methoxy groups -OCH3 is 1. The minimum absolute atomic E-state index is 0.152. The van der Waals surface area contributed by atoms with E-state index < -0.39 is 12.1 Å². The van der Waals surface area contributed by atoms with Gasteiger partial charge in [0.05, 0.1) is 12.5 Å². The summed E-state index contributed by atoms with van der Waals surface area (Å²) in [4.78, 5) is 26.4. The summed E-state index contributed by atoms with van der Waals surface area (Å²) in [5.74, 6) is -0.0978. The Labute approximate surface area is 122 Å². The van der Waals surface area contributed by atoms with E-state index in [9.17, 15) is 9.59 Å². The Bertz CT molecular complexity index is 460. The van der Waals surface area contributed by atoms with E-state index in [4.69, 9.17) is 14.4 Å². The van der Waals surface area contributed by atoms with Crippen molar-refractivity contribution < 1.29 is 24.0 Å². The van der Waals surface area contributed by atoms with Crippen LogP contribution in [0.25, 0.3) is 0 Å². The number of carbonyl (C=O) groups is 2. The molecule has 1 aromatic heterocycles. The van der Waals surface area contributed by atoms with Crippen LogP contribution in [0.2, 0.25) is 0 Å². The molecule has 1 aromatic rings. The number of carboxylic acids is 1. The van der Waals surface area contributed by atoms with E-state index in [1.807, 2.05) is 6.92 Å². The summed E-state index contributed by atoms with van der Waals surface area (Å²) in [6.07, 6.45) is 1.56. The Kier molecular flexibility index (Phi) is 7.38. The number of hydrogen-bond donors (Lipinski definition) is 2. The first-order valence-corrected chi connectivity index (χ1v) is 6.87. The number of aryl methyl sites for hydroxylation is 2. The van der Waals surface area contributed by atoms with Gasteiger partial charge in [0.1, 0.15) is 0 Å². The van der Waals surface area contributed by atoms with Gasteiger partial charge in [-0.15, -0.1) is 0 Å². The van der Waals surface area contributed by atoms with E-state index >= 15 is 0 Å². The standard InChI is InChI=1S/C13H21N3O5/c1-3-4-10-15-12(21-16-10)6-5-11(17)14-8-9(20-2)7-13(18)19/h9H,3-8H2,1-2H3,(H,14,17)(H,18,19). The van der Waals surface area contributed by atoms with E-state index in [-0.39, 0.29) is 25.3 Å². The van der Waals surface area contributed by atoms with Crippen LogP contribution in [0.3, 0.4) is 0 Å². The molecule has 0 saturated heterocycles. The number of aromatic nitrogens is 2. The van der Waals surface area contributed by atoms with Crippen LogP contribution < -0.4 is 5.32 Å². The molecule has 8 heteroatoms. The molecule has 2 N–H and O–H groups in total. The predicted octanol–water partition coefficient (Wildman–Crippen LogP) is 0.561. The van der Waals surface area contributed by atoms with Gasteiger partial charge < -0.3 is 19.7 Å². The number of carbonyl (C=O) groups excluding carboxylic acids is 1. The first-order chi connectivity index (χ1) is 10.0. The second-order valence-electron chi connectivity index (χ2n) is 4.61. The molecule has 21 heavy (non-hydrogen) atoms. The molecule has 1 rings (SSSR count). The summed E-state index contributed by atoms with van der Waals surface area (Å²) < 4.78 is 9.99. The van der Waals surface area contributed by atoms with Gasteiger partial charge in [0, 0.05) is 32.9 Å². The highest BCUT2D eigenvalue weighted by atomic mass is 16.5. The molecule has 0 saturated carbocycles. The molecule has 0 aromatic carbocycles. The molecule has 1 unspecified atom stereocenters. The van der Waals surface area contributed by atoms with Crippen molar-refractivity contribution in [2.45, 2.75) is 45.1 Å². The molecule has 0 aliphatic carbocycles. The third-order valence-corrected chi connectivity index (χ3v) is 2.81. The zero-order valence-corrected chi connectivity index (χ0v) is 12.3. The van der Waals surface area contributed by atoms with Crippen LogP contribution in [0.4, 0.5) is 0 Å². The van der Waals surface area contributed by atoms with Crippen molar-refractivity contribution in [3.05, 3.63) is 11.7 Å². The molecule has 1 heterocycles. The van der Waals surface area contributed by atoms with Crippen molar-refractivity contribution in [1.82, 2.24) is 15.5 Å². The molecule has 0 radical (unpaired) electrons. The van der Waals surface area contributed by atoms with Gasteiger partial charge >= 0.3 is 5.97 Å². The van der Waals surface area contributed by atoms with E-state index in [2.05, 4.69) is 15.5 Å². The van der Waals surface area contributed by atoms with Crippen molar-refractivity contribution in [1.29, 1.82) is 0 Å². The summed E-state index contributed by atoms with van der Waals surface area (Å²) in [6, 6.07) is 0. The molecular weight excluding hydrogens is 278 g/mol. The number of hydrogen-bond acceptors (Lipinski definition) is 6. The molecule has 0 bridgehead atoms. The van der Waals surface area contributed by atoms with Gasteiger partial charge in [-0.3, -0.25) is 9.59 Å². The monoisotopic (exact) mass is 299 g/mol. The van der Waals surface area contributed by atoms with Crippen LogP contribution in [-0.2, 0) is 27.2 Å². The molecule has 0 spiro atoms. The molecule has 1 atom stereocenters. The number of rotatable bonds is 10. The fraction of sp³-hybridized carbons (Fsp3) is 0.692. The predicted molar refractivity (Wildman–Crippen MR) is 72.7 cm³/mol. The lowest BCUT2D eigenvalue weighted by Gasteiger charge is -2.13. The van der Waals surface area contributed by atoms with Crippen LogP contribution in [0.15, 0.2) is 4.52 Å². The topological polar surface area (TPSA) is 115 Å². The maximum Gasteiger partial charge on any atom is 0.306 e. The lowest BCUT2D eigenvalue weighted by Crippen LogP contribution is -2.34. The van der Waals surface area contributed by atoms with Crippen LogP contribution >= 0.6 is 0 Å². The van der Waals surface area contributed by atoms with Crippen molar-refractivity contribution in [3.63, 3.8) is 0 Å². The first-order valence-electron chi connectivity index (χ1n) is 6.87. The summed E-state index contributed by atoms with van der Waals surface area (Å²) in [5.41, 5.74) is 0. The Balaban J connectivity index is 2.28. The molecule has 118 valence electrons. The van der Waals surface area contributed by atoms with E-state index in [1.165, 1.54) is 7.11 Å². The van der Waals surface area contributed by atoms with Gasteiger partial charge in [0.2, 0.25) is 11.8 Å². The third kappa shape index (κ3) is 6.84. The van der Waals surface area contributed by atoms with E-state index in [0.717, 1.165) is 12.8 Å². The molecule has 1 amide bonds. The second-order valence-corrected chi connectivity index (χ2v) is 4.61. The fourth-order valence-corrected chi connectivity index (χ4v) is 1.69. The average Bonchev–Trinajstić information content (AvgIpc) is 2.89. The van der Waals surface area contributed by atoms with Gasteiger partial charge in [-0.25, -0.2) is 0 Å². The van der Waals surface area contributed by atoms with Crippen molar-refractivity contribution in [3.8, 4) is 0 Å². The summed E-state index contributed by atoms with van der Waals surface area (Å²) in [7, 11) is 1.41. The zero-order chi connectivity index (χ0) is 15.7. The molecule has 0 fully saturated rings. The molecule has 0 aliphatic heterocycles. The van der Waals surface area contributed by atoms with Crippen LogP contribution in [-0.4, -0.2) is 46.9 Å². The summed E-state index contributed by atoms with van der Waals surface area (Å²) in [6.45, 7) is 2.18. The number of ether oxygens (including phenoxy) is 1. The zero-order valence-electron chi connectivity index (χ0n) is 12.3. The third-order valence-electron chi connectivity index (χ3n) is 2.81. The SMILES string of the molecule is CCCc1noc(CCC(=O)NCC(CC(=O)O)OC)n1. The summed E-state index contributed by atoms with van der Waals surface area (Å²) >= 11 is 0. The number of nitrogens with zero attached hydrogens (tertiary/aromatic N) is 2. The van der Waals surface area contributed by atoms with Gasteiger partial charge in [-0.05, 0) is 6.42 Å².